The second-order valence-corrected chi connectivity index (χ2v) is 9.73. The summed E-state index contributed by atoms with van der Waals surface area (Å²) in [7, 11) is 0. The van der Waals surface area contributed by atoms with Crippen molar-refractivity contribution in [3.8, 4) is 22.7 Å². The Morgan fingerprint density at radius 1 is 1.03 bits per heavy atom. The third-order valence-electron chi connectivity index (χ3n) is 5.84. The van der Waals surface area contributed by atoms with Gasteiger partial charge in [-0.05, 0) is 58.7 Å². The van der Waals surface area contributed by atoms with Crippen molar-refractivity contribution in [1.29, 1.82) is 0 Å². The van der Waals surface area contributed by atoms with Gasteiger partial charge in [0.05, 0.1) is 23.6 Å². The number of halogens is 3. The van der Waals surface area contributed by atoms with Crippen LogP contribution in [-0.2, 0) is 0 Å². The first-order chi connectivity index (χ1) is 15.1. The van der Waals surface area contributed by atoms with Gasteiger partial charge in [-0.2, -0.15) is 4.39 Å². The molecule has 12 heteroatoms. The summed E-state index contributed by atoms with van der Waals surface area (Å²) in [4.78, 5) is 3.57. The molecule has 0 spiro atoms. The van der Waals surface area contributed by atoms with Crippen LogP contribution < -0.4 is 5.32 Å². The zero-order valence-electron chi connectivity index (χ0n) is 19.2. The van der Waals surface area contributed by atoms with E-state index in [2.05, 4.69) is 58.5 Å². The van der Waals surface area contributed by atoms with Crippen molar-refractivity contribution in [2.45, 2.75) is 57.7 Å². The first-order valence-electron chi connectivity index (χ1n) is 10.5. The summed E-state index contributed by atoms with van der Waals surface area (Å²) in [6.45, 7) is 8.76. The van der Waals surface area contributed by atoms with E-state index in [0.717, 1.165) is 12.8 Å². The summed E-state index contributed by atoms with van der Waals surface area (Å²) in [5.41, 5.74) is 2.73. The monoisotopic (exact) mass is 508 g/mol. The second kappa shape index (κ2) is 9.09. The Morgan fingerprint density at radius 3 is 2.35 bits per heavy atom. The molecule has 0 amide bonds. The highest BCUT2D eigenvalue weighted by Crippen LogP contribution is 2.37. The number of hydrogen-bond acceptors (Lipinski definition) is 7. The molecular formula is C22H27Cl2FN8O. The summed E-state index contributed by atoms with van der Waals surface area (Å²) < 4.78 is 16.6. The number of piperidine rings is 1. The number of benzene rings is 1. The fourth-order valence-electron chi connectivity index (χ4n) is 4.91. The molecule has 5 rings (SSSR count). The number of aromatic hydroxyl groups is 1. The van der Waals surface area contributed by atoms with E-state index in [1.165, 1.54) is 23.2 Å². The normalized spacial score (nSPS) is 17.2. The minimum absolute atomic E-state index is 0. The molecule has 2 N–H and O–H groups in total. The number of phenolic OH excluding ortho intramolecular Hbond substituents is 1. The Kier molecular flexibility index (Phi) is 6.89. The second-order valence-electron chi connectivity index (χ2n) is 9.73. The number of fused-ring (bicyclic) bond motifs is 1. The van der Waals surface area contributed by atoms with E-state index in [0.29, 0.717) is 28.1 Å². The first-order valence-corrected chi connectivity index (χ1v) is 10.5. The quantitative estimate of drug-likeness (QED) is 0.426. The van der Waals surface area contributed by atoms with Crippen LogP contribution in [0.25, 0.3) is 28.1 Å². The van der Waals surface area contributed by atoms with Gasteiger partial charge in [-0.1, -0.05) is 5.21 Å². The number of aromatic nitrogens is 7. The topological polar surface area (TPSA) is 107 Å². The van der Waals surface area contributed by atoms with Crippen LogP contribution in [0.2, 0.25) is 0 Å². The van der Waals surface area contributed by atoms with E-state index in [-0.39, 0.29) is 47.7 Å². The SMILES string of the molecule is CC1(C)CC(n2nnc3cc(-c4ccc(-n5cnc(F)c5)cc4O)nnc32)CC(C)(C)N1.Cl.Cl. The van der Waals surface area contributed by atoms with E-state index in [1.807, 2.05) is 4.68 Å². The number of rotatable bonds is 3. The lowest BCUT2D eigenvalue weighted by Crippen LogP contribution is -2.58. The van der Waals surface area contributed by atoms with Gasteiger partial charge >= 0.3 is 0 Å². The van der Waals surface area contributed by atoms with Gasteiger partial charge in [-0.15, -0.1) is 40.1 Å². The molecular weight excluding hydrogens is 482 g/mol. The van der Waals surface area contributed by atoms with Crippen molar-refractivity contribution in [3.63, 3.8) is 0 Å². The Hall–Kier alpha value is -2.82. The molecule has 0 saturated carbocycles. The highest BCUT2D eigenvalue weighted by Gasteiger charge is 2.39. The summed E-state index contributed by atoms with van der Waals surface area (Å²) >= 11 is 0. The predicted molar refractivity (Wildman–Crippen MR) is 131 cm³/mol. The predicted octanol–water partition coefficient (Wildman–Crippen LogP) is 4.24. The molecule has 3 aromatic heterocycles. The fourth-order valence-corrected chi connectivity index (χ4v) is 4.91. The van der Waals surface area contributed by atoms with Gasteiger partial charge in [-0.3, -0.25) is 0 Å². The molecule has 34 heavy (non-hydrogen) atoms. The molecule has 4 aromatic rings. The molecule has 1 aromatic carbocycles. The van der Waals surface area contributed by atoms with Gasteiger partial charge in [-0.25, -0.2) is 9.67 Å². The summed E-state index contributed by atoms with van der Waals surface area (Å²) in [6.07, 6.45) is 4.38. The van der Waals surface area contributed by atoms with E-state index in [1.54, 1.807) is 18.2 Å². The number of phenols is 1. The lowest BCUT2D eigenvalue weighted by molar-refractivity contribution is 0.127. The van der Waals surface area contributed by atoms with Crippen molar-refractivity contribution < 1.29 is 9.50 Å². The van der Waals surface area contributed by atoms with Crippen LogP contribution >= 0.6 is 24.8 Å². The lowest BCUT2D eigenvalue weighted by Gasteiger charge is -2.46. The van der Waals surface area contributed by atoms with Crippen LogP contribution in [0.15, 0.2) is 36.8 Å². The first kappa shape index (κ1) is 25.8. The molecule has 1 saturated heterocycles. The Balaban J connectivity index is 0.00000162. The molecule has 1 aliphatic heterocycles. The van der Waals surface area contributed by atoms with Crippen LogP contribution in [0.5, 0.6) is 5.75 Å². The third kappa shape index (κ3) is 4.84. The van der Waals surface area contributed by atoms with Crippen LogP contribution in [0.1, 0.15) is 46.6 Å². The molecule has 0 atom stereocenters. The average Bonchev–Trinajstić information content (AvgIpc) is 3.31. The molecule has 1 aliphatic rings. The number of imidazole rings is 1. The highest BCUT2D eigenvalue weighted by atomic mass is 35.5. The molecule has 0 radical (unpaired) electrons. The maximum absolute atomic E-state index is 13.2. The summed E-state index contributed by atoms with van der Waals surface area (Å²) in [5, 5.41) is 31.7. The molecule has 9 nitrogen and oxygen atoms in total. The molecule has 182 valence electrons. The molecule has 0 aliphatic carbocycles. The number of hydrogen-bond donors (Lipinski definition) is 2. The summed E-state index contributed by atoms with van der Waals surface area (Å²) in [5.74, 6) is -0.590. The minimum atomic E-state index is -0.589. The average molecular weight is 509 g/mol. The zero-order valence-corrected chi connectivity index (χ0v) is 20.9. The maximum atomic E-state index is 13.2. The van der Waals surface area contributed by atoms with Crippen LogP contribution in [0.4, 0.5) is 4.39 Å². The largest absolute Gasteiger partial charge is 0.507 e. The lowest BCUT2D eigenvalue weighted by atomic mass is 9.80. The molecule has 4 heterocycles. The van der Waals surface area contributed by atoms with Gasteiger partial charge < -0.3 is 15.0 Å². The van der Waals surface area contributed by atoms with Crippen LogP contribution in [0.3, 0.4) is 0 Å². The highest BCUT2D eigenvalue weighted by molar-refractivity contribution is 5.85. The maximum Gasteiger partial charge on any atom is 0.231 e. The zero-order chi connectivity index (χ0) is 22.7. The van der Waals surface area contributed by atoms with Gasteiger partial charge in [0.1, 0.15) is 17.6 Å². The van der Waals surface area contributed by atoms with E-state index >= 15 is 0 Å². The van der Waals surface area contributed by atoms with Gasteiger partial charge in [0.2, 0.25) is 11.6 Å². The van der Waals surface area contributed by atoms with Crippen molar-refractivity contribution in [1.82, 2.24) is 40.1 Å². The molecule has 1 fully saturated rings. The minimum Gasteiger partial charge on any atom is -0.507 e. The van der Waals surface area contributed by atoms with Gasteiger partial charge in [0, 0.05) is 22.7 Å². The van der Waals surface area contributed by atoms with Crippen molar-refractivity contribution in [2.75, 3.05) is 0 Å². The van der Waals surface area contributed by atoms with Crippen molar-refractivity contribution in [2.24, 2.45) is 0 Å². The Labute approximate surface area is 208 Å². The van der Waals surface area contributed by atoms with Gasteiger partial charge in [0.15, 0.2) is 0 Å². The smallest absolute Gasteiger partial charge is 0.231 e. The summed E-state index contributed by atoms with van der Waals surface area (Å²) in [6, 6.07) is 6.90. The number of nitrogens with zero attached hydrogens (tertiary/aromatic N) is 7. The molecule has 0 bridgehead atoms. The molecule has 0 unspecified atom stereocenters. The third-order valence-corrected chi connectivity index (χ3v) is 5.84. The van der Waals surface area contributed by atoms with E-state index in [4.69, 9.17) is 0 Å². The van der Waals surface area contributed by atoms with E-state index in [9.17, 15) is 9.50 Å². The Bertz CT molecular complexity index is 1300. The van der Waals surface area contributed by atoms with Crippen LogP contribution in [0, 0.1) is 5.95 Å². The van der Waals surface area contributed by atoms with Crippen molar-refractivity contribution >= 4 is 36.0 Å². The van der Waals surface area contributed by atoms with E-state index < -0.39 is 5.95 Å². The van der Waals surface area contributed by atoms with Crippen molar-refractivity contribution in [3.05, 3.63) is 42.7 Å². The fraction of sp³-hybridized carbons (Fsp3) is 0.409. The standard InChI is InChI=1S/C22H25FN8O.2ClH/c1-21(2)9-14(10-22(3,4)28-21)31-20-17(26-29-31)8-16(25-27-20)15-6-5-13(7-18(15)32)30-11-19(23)24-12-30;;/h5-8,11-12,14,28,32H,9-10H2,1-4H3;2*1H. The van der Waals surface area contributed by atoms with Crippen LogP contribution in [-0.4, -0.2) is 50.9 Å². The number of nitrogens with one attached hydrogen (secondary N) is 1. The van der Waals surface area contributed by atoms with Gasteiger partial charge in [0.25, 0.3) is 0 Å². The Morgan fingerprint density at radius 2 is 1.74 bits per heavy atom.